The Morgan fingerprint density at radius 3 is 2.60 bits per heavy atom. The Hall–Kier alpha value is -1.86. The van der Waals surface area contributed by atoms with Gasteiger partial charge in [0.05, 0.1) is 17.5 Å². The van der Waals surface area contributed by atoms with Crippen LogP contribution in [0.3, 0.4) is 0 Å². The molecular formula is C16H22N4. The number of aryl methyl sites for hydroxylation is 1. The summed E-state index contributed by atoms with van der Waals surface area (Å²) in [5.74, 6) is 0. The van der Waals surface area contributed by atoms with E-state index in [1.54, 1.807) is 0 Å². The SMILES string of the molecule is CCCN(CCC)C(C#N)c1c(C)nc2ccccn12. The lowest BCUT2D eigenvalue weighted by atomic mass is 10.1. The van der Waals surface area contributed by atoms with Crippen LogP contribution >= 0.6 is 0 Å². The van der Waals surface area contributed by atoms with Crippen LogP contribution in [0.5, 0.6) is 0 Å². The normalized spacial score (nSPS) is 12.8. The topological polar surface area (TPSA) is 44.3 Å². The molecule has 0 bridgehead atoms. The first-order valence-corrected chi connectivity index (χ1v) is 7.30. The van der Waals surface area contributed by atoms with Crippen LogP contribution < -0.4 is 0 Å². The Balaban J connectivity index is 2.48. The lowest BCUT2D eigenvalue weighted by Gasteiger charge is -2.26. The number of imidazole rings is 1. The highest BCUT2D eigenvalue weighted by Gasteiger charge is 2.24. The van der Waals surface area contributed by atoms with Crippen molar-refractivity contribution in [3.8, 4) is 6.07 Å². The maximum Gasteiger partial charge on any atom is 0.141 e. The summed E-state index contributed by atoms with van der Waals surface area (Å²) in [6, 6.07) is 8.18. The van der Waals surface area contributed by atoms with Crippen LogP contribution in [0.4, 0.5) is 0 Å². The molecule has 0 aromatic carbocycles. The molecule has 2 aromatic rings. The van der Waals surface area contributed by atoms with Gasteiger partial charge in [-0.15, -0.1) is 0 Å². The summed E-state index contributed by atoms with van der Waals surface area (Å²) in [6.07, 6.45) is 4.09. The van der Waals surface area contributed by atoms with E-state index in [9.17, 15) is 5.26 Å². The summed E-state index contributed by atoms with van der Waals surface area (Å²) >= 11 is 0. The van der Waals surface area contributed by atoms with Crippen LogP contribution in [0.25, 0.3) is 5.65 Å². The standard InChI is InChI=1S/C16H22N4/c1-4-9-19(10-5-2)14(12-17)16-13(3)18-15-8-6-7-11-20(15)16/h6-8,11,14H,4-5,9-10H2,1-3H3. The molecule has 2 rings (SSSR count). The zero-order valence-electron chi connectivity index (χ0n) is 12.5. The van der Waals surface area contributed by atoms with E-state index in [2.05, 4.69) is 29.8 Å². The molecule has 4 nitrogen and oxygen atoms in total. The van der Waals surface area contributed by atoms with Crippen molar-refractivity contribution in [2.45, 2.75) is 39.7 Å². The number of nitrogens with zero attached hydrogens (tertiary/aromatic N) is 4. The maximum absolute atomic E-state index is 9.67. The lowest BCUT2D eigenvalue weighted by Crippen LogP contribution is -2.30. The minimum Gasteiger partial charge on any atom is -0.301 e. The second-order valence-corrected chi connectivity index (χ2v) is 5.08. The van der Waals surface area contributed by atoms with Crippen LogP contribution in [0.2, 0.25) is 0 Å². The number of pyridine rings is 1. The molecule has 0 radical (unpaired) electrons. The Morgan fingerprint density at radius 1 is 1.30 bits per heavy atom. The van der Waals surface area contributed by atoms with Crippen molar-refractivity contribution < 1.29 is 0 Å². The van der Waals surface area contributed by atoms with E-state index in [0.29, 0.717) is 0 Å². The van der Waals surface area contributed by atoms with E-state index in [0.717, 1.165) is 43.0 Å². The van der Waals surface area contributed by atoms with E-state index in [1.165, 1.54) is 0 Å². The average molecular weight is 270 g/mol. The Bertz CT molecular complexity index is 602. The lowest BCUT2D eigenvalue weighted by molar-refractivity contribution is 0.232. The maximum atomic E-state index is 9.67. The van der Waals surface area contributed by atoms with Crippen molar-refractivity contribution in [1.82, 2.24) is 14.3 Å². The number of nitriles is 1. The molecule has 0 aliphatic heterocycles. The molecule has 0 saturated carbocycles. The van der Waals surface area contributed by atoms with Crippen molar-refractivity contribution in [3.63, 3.8) is 0 Å². The zero-order chi connectivity index (χ0) is 14.5. The molecule has 0 saturated heterocycles. The van der Waals surface area contributed by atoms with Gasteiger partial charge in [-0.3, -0.25) is 4.90 Å². The number of fused-ring (bicyclic) bond motifs is 1. The highest BCUT2D eigenvalue weighted by molar-refractivity contribution is 5.44. The second kappa shape index (κ2) is 6.53. The molecule has 4 heteroatoms. The fourth-order valence-electron chi connectivity index (χ4n) is 2.72. The second-order valence-electron chi connectivity index (χ2n) is 5.08. The van der Waals surface area contributed by atoms with Gasteiger partial charge >= 0.3 is 0 Å². The molecule has 1 atom stereocenters. The van der Waals surface area contributed by atoms with Gasteiger partial charge < -0.3 is 4.40 Å². The van der Waals surface area contributed by atoms with Crippen molar-refractivity contribution in [2.75, 3.05) is 13.1 Å². The Labute approximate surface area is 120 Å². The molecule has 0 N–H and O–H groups in total. The quantitative estimate of drug-likeness (QED) is 0.808. The van der Waals surface area contributed by atoms with Gasteiger partial charge in [0.2, 0.25) is 0 Å². The van der Waals surface area contributed by atoms with Crippen molar-refractivity contribution >= 4 is 5.65 Å². The van der Waals surface area contributed by atoms with Gasteiger partial charge in [-0.05, 0) is 45.0 Å². The molecule has 0 aliphatic rings. The van der Waals surface area contributed by atoms with Gasteiger partial charge in [-0.1, -0.05) is 19.9 Å². The van der Waals surface area contributed by atoms with E-state index >= 15 is 0 Å². The first-order valence-electron chi connectivity index (χ1n) is 7.30. The summed E-state index contributed by atoms with van der Waals surface area (Å²) < 4.78 is 2.04. The van der Waals surface area contributed by atoms with E-state index < -0.39 is 0 Å². The number of rotatable bonds is 6. The third kappa shape index (κ3) is 2.68. The molecule has 0 fully saturated rings. The molecule has 1 unspecified atom stereocenters. The molecule has 2 heterocycles. The predicted octanol–water partition coefficient (Wildman–Crippen LogP) is 3.33. The fourth-order valence-corrected chi connectivity index (χ4v) is 2.72. The van der Waals surface area contributed by atoms with E-state index in [4.69, 9.17) is 0 Å². The Morgan fingerprint density at radius 2 is 2.00 bits per heavy atom. The van der Waals surface area contributed by atoms with Crippen LogP contribution in [0.1, 0.15) is 44.1 Å². The van der Waals surface area contributed by atoms with Crippen molar-refractivity contribution in [1.29, 1.82) is 5.26 Å². The monoisotopic (exact) mass is 270 g/mol. The number of aromatic nitrogens is 2. The zero-order valence-corrected chi connectivity index (χ0v) is 12.5. The first-order chi connectivity index (χ1) is 9.72. The third-order valence-corrected chi connectivity index (χ3v) is 3.52. The molecule has 20 heavy (non-hydrogen) atoms. The van der Waals surface area contributed by atoms with Crippen LogP contribution in [0, 0.1) is 18.3 Å². The molecule has 0 aliphatic carbocycles. The van der Waals surface area contributed by atoms with Crippen LogP contribution in [0.15, 0.2) is 24.4 Å². The van der Waals surface area contributed by atoms with Gasteiger partial charge in [-0.2, -0.15) is 5.26 Å². The summed E-state index contributed by atoms with van der Waals surface area (Å²) in [5, 5.41) is 9.67. The van der Waals surface area contributed by atoms with Crippen LogP contribution in [-0.2, 0) is 0 Å². The van der Waals surface area contributed by atoms with Crippen molar-refractivity contribution in [3.05, 3.63) is 35.8 Å². The fraction of sp³-hybridized carbons (Fsp3) is 0.500. The smallest absolute Gasteiger partial charge is 0.141 e. The summed E-state index contributed by atoms with van der Waals surface area (Å²) in [6.45, 7) is 8.16. The molecule has 0 amide bonds. The summed E-state index contributed by atoms with van der Waals surface area (Å²) in [5.41, 5.74) is 2.86. The van der Waals surface area contributed by atoms with Gasteiger partial charge in [0.1, 0.15) is 11.7 Å². The number of hydrogen-bond acceptors (Lipinski definition) is 3. The van der Waals surface area contributed by atoms with Crippen molar-refractivity contribution in [2.24, 2.45) is 0 Å². The molecule has 106 valence electrons. The van der Waals surface area contributed by atoms with Gasteiger partial charge in [0.25, 0.3) is 0 Å². The molecule has 2 aromatic heterocycles. The van der Waals surface area contributed by atoms with Crippen LogP contribution in [-0.4, -0.2) is 27.4 Å². The summed E-state index contributed by atoms with van der Waals surface area (Å²) in [7, 11) is 0. The Kier molecular flexibility index (Phi) is 4.75. The average Bonchev–Trinajstić information content (AvgIpc) is 2.77. The highest BCUT2D eigenvalue weighted by atomic mass is 15.2. The highest BCUT2D eigenvalue weighted by Crippen LogP contribution is 2.25. The largest absolute Gasteiger partial charge is 0.301 e. The van der Waals surface area contributed by atoms with E-state index in [-0.39, 0.29) is 6.04 Å². The van der Waals surface area contributed by atoms with E-state index in [1.807, 2.05) is 35.7 Å². The molecule has 0 spiro atoms. The van der Waals surface area contributed by atoms with Gasteiger partial charge in [0, 0.05) is 6.20 Å². The molecular weight excluding hydrogens is 248 g/mol. The van der Waals surface area contributed by atoms with Gasteiger partial charge in [0.15, 0.2) is 0 Å². The minimum absolute atomic E-state index is 0.229. The predicted molar refractivity (Wildman–Crippen MR) is 80.4 cm³/mol. The summed E-state index contributed by atoms with van der Waals surface area (Å²) in [4.78, 5) is 6.82. The third-order valence-electron chi connectivity index (χ3n) is 3.52. The van der Waals surface area contributed by atoms with Gasteiger partial charge in [-0.25, -0.2) is 4.98 Å². The first kappa shape index (κ1) is 14.5. The number of hydrogen-bond donors (Lipinski definition) is 0. The minimum atomic E-state index is -0.229.